The minimum absolute atomic E-state index is 0.0725. The molecule has 0 spiro atoms. The zero-order chi connectivity index (χ0) is 42.5. The van der Waals surface area contributed by atoms with Crippen molar-refractivity contribution in [2.24, 2.45) is 0 Å². The summed E-state index contributed by atoms with van der Waals surface area (Å²) in [6, 6.07) is 80.8. The number of benzene rings is 10. The number of hydrogen-bond acceptors (Lipinski definition) is 2. The van der Waals surface area contributed by atoms with Crippen LogP contribution in [0.4, 0.5) is 17.1 Å². The minimum Gasteiger partial charge on any atom is -0.309 e. The van der Waals surface area contributed by atoms with Crippen LogP contribution in [-0.2, 0) is 5.41 Å². The van der Waals surface area contributed by atoms with Gasteiger partial charge in [-0.15, -0.1) is 11.3 Å². The number of nitrogens with zero attached hydrogens (tertiary/aromatic N) is 2. The molecule has 0 bridgehead atoms. The molecule has 2 heterocycles. The summed E-state index contributed by atoms with van der Waals surface area (Å²) in [6.07, 6.45) is 0. The van der Waals surface area contributed by atoms with Crippen LogP contribution >= 0.6 is 11.3 Å². The molecule has 0 aliphatic heterocycles. The molecule has 0 unspecified atom stereocenters. The SMILES string of the molecule is CC1(C)c2ccccc2-c2ccc(-c3cccc(N(c4ccc(-c5ccc6c7ccccc7n(-c7ccccc7)c6c5)cc4)c4cccc5c4sc4c6ccccc6ccc54)c3)cc21. The van der Waals surface area contributed by atoms with Gasteiger partial charge in [-0.2, -0.15) is 0 Å². The topological polar surface area (TPSA) is 8.17 Å². The number of thiophene rings is 1. The van der Waals surface area contributed by atoms with Crippen molar-refractivity contribution in [1.82, 2.24) is 4.57 Å². The number of fused-ring (bicyclic) bond motifs is 11. The highest BCUT2D eigenvalue weighted by Crippen LogP contribution is 2.51. The zero-order valence-electron chi connectivity index (χ0n) is 35.6. The van der Waals surface area contributed by atoms with Gasteiger partial charge in [-0.25, -0.2) is 0 Å². The second-order valence-corrected chi connectivity index (χ2v) is 18.7. The molecule has 302 valence electrons. The Morgan fingerprint density at radius 3 is 1.92 bits per heavy atom. The van der Waals surface area contributed by atoms with Crippen LogP contribution in [-0.4, -0.2) is 4.57 Å². The van der Waals surface area contributed by atoms with Gasteiger partial charge in [0, 0.05) is 48.7 Å². The smallest absolute Gasteiger partial charge is 0.0640 e. The maximum Gasteiger partial charge on any atom is 0.0640 e. The third-order valence-corrected chi connectivity index (χ3v) is 15.1. The molecule has 0 N–H and O–H groups in total. The van der Waals surface area contributed by atoms with E-state index in [0.29, 0.717) is 0 Å². The molecule has 0 saturated carbocycles. The van der Waals surface area contributed by atoms with Crippen molar-refractivity contribution in [3.05, 3.63) is 230 Å². The summed E-state index contributed by atoms with van der Waals surface area (Å²) in [6.45, 7) is 4.72. The highest BCUT2D eigenvalue weighted by atomic mass is 32.1. The Balaban J connectivity index is 0.966. The predicted octanol–water partition coefficient (Wildman–Crippen LogP) is 17.4. The van der Waals surface area contributed by atoms with Crippen LogP contribution in [0.5, 0.6) is 0 Å². The number of hydrogen-bond donors (Lipinski definition) is 0. The molecule has 64 heavy (non-hydrogen) atoms. The third-order valence-electron chi connectivity index (χ3n) is 13.8. The van der Waals surface area contributed by atoms with E-state index in [1.807, 2.05) is 11.3 Å². The number of aromatic nitrogens is 1. The molecule has 0 amide bonds. The first-order chi connectivity index (χ1) is 31.5. The molecular weight excluding hydrogens is 793 g/mol. The summed E-state index contributed by atoms with van der Waals surface area (Å²) in [7, 11) is 0. The van der Waals surface area contributed by atoms with E-state index in [2.05, 4.69) is 242 Å². The summed E-state index contributed by atoms with van der Waals surface area (Å²) < 4.78 is 5.00. The number of anilines is 3. The quantitative estimate of drug-likeness (QED) is 0.162. The molecule has 1 aliphatic rings. The Labute approximate surface area is 376 Å². The fourth-order valence-corrected chi connectivity index (χ4v) is 12.0. The highest BCUT2D eigenvalue weighted by molar-refractivity contribution is 7.27. The van der Waals surface area contributed by atoms with E-state index in [9.17, 15) is 0 Å². The van der Waals surface area contributed by atoms with Crippen molar-refractivity contribution in [3.63, 3.8) is 0 Å². The molecule has 0 fully saturated rings. The largest absolute Gasteiger partial charge is 0.309 e. The fourth-order valence-electron chi connectivity index (χ4n) is 10.6. The van der Waals surface area contributed by atoms with Crippen LogP contribution in [0, 0.1) is 0 Å². The van der Waals surface area contributed by atoms with Crippen molar-refractivity contribution in [1.29, 1.82) is 0 Å². The summed E-state index contributed by atoms with van der Waals surface area (Å²) in [5.74, 6) is 0. The molecule has 2 aromatic heterocycles. The number of para-hydroxylation sites is 2. The average Bonchev–Trinajstić information content (AvgIpc) is 3.98. The van der Waals surface area contributed by atoms with E-state index in [-0.39, 0.29) is 5.41 Å². The molecule has 0 saturated heterocycles. The van der Waals surface area contributed by atoms with E-state index in [0.717, 1.165) is 17.1 Å². The summed E-state index contributed by atoms with van der Waals surface area (Å²) in [5, 5.41) is 7.67. The molecular formula is C61H42N2S. The molecule has 0 radical (unpaired) electrons. The summed E-state index contributed by atoms with van der Waals surface area (Å²) >= 11 is 1.90. The fraction of sp³-hybridized carbons (Fsp3) is 0.0492. The van der Waals surface area contributed by atoms with Crippen LogP contribution in [0.3, 0.4) is 0 Å². The molecule has 2 nitrogen and oxygen atoms in total. The Bertz CT molecular complexity index is 3810. The molecule has 10 aromatic carbocycles. The van der Waals surface area contributed by atoms with Gasteiger partial charge in [0.2, 0.25) is 0 Å². The van der Waals surface area contributed by atoms with Crippen molar-refractivity contribution < 1.29 is 0 Å². The zero-order valence-corrected chi connectivity index (χ0v) is 36.4. The summed E-state index contributed by atoms with van der Waals surface area (Å²) in [5.41, 5.74) is 17.2. The van der Waals surface area contributed by atoms with Gasteiger partial charge in [0.25, 0.3) is 0 Å². The van der Waals surface area contributed by atoms with Crippen LogP contribution in [0.1, 0.15) is 25.0 Å². The normalized spacial score (nSPS) is 13.0. The van der Waals surface area contributed by atoms with Crippen LogP contribution in [0.2, 0.25) is 0 Å². The van der Waals surface area contributed by atoms with Gasteiger partial charge in [0.15, 0.2) is 0 Å². The molecule has 13 rings (SSSR count). The highest BCUT2D eigenvalue weighted by Gasteiger charge is 2.35. The lowest BCUT2D eigenvalue weighted by Gasteiger charge is -2.27. The van der Waals surface area contributed by atoms with E-state index >= 15 is 0 Å². The Hall–Kier alpha value is -7.72. The Kier molecular flexibility index (Phi) is 8.16. The standard InChI is InChI=1S/C61H42N2S/c1-61(2)54-23-10-8-20-48(54)49-33-29-42(37-55(49)61)41-15-12-18-46(36-41)62(57-25-13-22-52-53-35-28-40-14-6-7-19-47(40)59(53)64-60(52)57)45-31-26-39(27-32-45)43-30-34-51-50-21-9-11-24-56(50)63(58(51)38-43)44-16-4-3-5-17-44/h3-38H,1-2H3. The van der Waals surface area contributed by atoms with Crippen LogP contribution in [0.25, 0.3) is 91.8 Å². The first kappa shape index (κ1) is 36.9. The van der Waals surface area contributed by atoms with E-state index in [1.54, 1.807) is 0 Å². The van der Waals surface area contributed by atoms with Crippen LogP contribution in [0.15, 0.2) is 218 Å². The Morgan fingerprint density at radius 2 is 1.03 bits per heavy atom. The maximum atomic E-state index is 2.47. The second kappa shape index (κ2) is 14.2. The van der Waals surface area contributed by atoms with Gasteiger partial charge in [-0.3, -0.25) is 0 Å². The average molecular weight is 835 g/mol. The van der Waals surface area contributed by atoms with Crippen molar-refractivity contribution in [2.75, 3.05) is 4.90 Å². The number of rotatable bonds is 6. The molecule has 1 aliphatic carbocycles. The second-order valence-electron chi connectivity index (χ2n) is 17.7. The Morgan fingerprint density at radius 1 is 0.391 bits per heavy atom. The lowest BCUT2D eigenvalue weighted by atomic mass is 9.81. The van der Waals surface area contributed by atoms with Crippen molar-refractivity contribution in [3.8, 4) is 39.1 Å². The van der Waals surface area contributed by atoms with Gasteiger partial charge in [-0.05, 0) is 116 Å². The third kappa shape index (κ3) is 5.57. The summed E-state index contributed by atoms with van der Waals surface area (Å²) in [4.78, 5) is 2.47. The first-order valence-electron chi connectivity index (χ1n) is 22.2. The lowest BCUT2D eigenvalue weighted by molar-refractivity contribution is 0.660. The molecule has 12 aromatic rings. The van der Waals surface area contributed by atoms with E-state index < -0.39 is 0 Å². The minimum atomic E-state index is -0.0725. The predicted molar refractivity (Wildman–Crippen MR) is 274 cm³/mol. The van der Waals surface area contributed by atoms with Gasteiger partial charge in [0.1, 0.15) is 0 Å². The van der Waals surface area contributed by atoms with Crippen molar-refractivity contribution in [2.45, 2.75) is 19.3 Å². The van der Waals surface area contributed by atoms with Gasteiger partial charge >= 0.3 is 0 Å². The molecule has 3 heteroatoms. The van der Waals surface area contributed by atoms with Gasteiger partial charge in [0.05, 0.1) is 21.4 Å². The van der Waals surface area contributed by atoms with Crippen molar-refractivity contribution >= 4 is 81.1 Å². The van der Waals surface area contributed by atoms with E-state index in [4.69, 9.17) is 0 Å². The maximum absolute atomic E-state index is 2.47. The molecule has 0 atom stereocenters. The van der Waals surface area contributed by atoms with Gasteiger partial charge < -0.3 is 9.47 Å². The lowest BCUT2D eigenvalue weighted by Crippen LogP contribution is -2.14. The van der Waals surface area contributed by atoms with Gasteiger partial charge in [-0.1, -0.05) is 172 Å². The first-order valence-corrected chi connectivity index (χ1v) is 23.0. The van der Waals surface area contributed by atoms with Crippen LogP contribution < -0.4 is 4.90 Å². The van der Waals surface area contributed by atoms with E-state index in [1.165, 1.54) is 103 Å². The monoisotopic (exact) mass is 834 g/mol.